The molecule has 0 spiro atoms. The third-order valence-electron chi connectivity index (χ3n) is 4.73. The number of carbonyl (C=O) groups is 1. The van der Waals surface area contributed by atoms with Gasteiger partial charge < -0.3 is 14.8 Å². The zero-order valence-corrected chi connectivity index (χ0v) is 17.1. The number of carbonyl (C=O) groups excluding carboxylic acids is 1. The summed E-state index contributed by atoms with van der Waals surface area (Å²) in [6, 6.07) is 11.9. The number of nitrogens with zero attached hydrogens (tertiary/aromatic N) is 1. The Morgan fingerprint density at radius 3 is 2.41 bits per heavy atom. The third kappa shape index (κ3) is 5.77. The lowest BCUT2D eigenvalue weighted by Crippen LogP contribution is -2.35. The van der Waals surface area contributed by atoms with Crippen LogP contribution in [0.4, 0.5) is 0 Å². The van der Waals surface area contributed by atoms with Gasteiger partial charge >= 0.3 is 0 Å². The summed E-state index contributed by atoms with van der Waals surface area (Å²) in [6.07, 6.45) is 0. The van der Waals surface area contributed by atoms with Gasteiger partial charge in [0.05, 0.1) is 30.8 Å². The number of hydrogen-bond donors (Lipinski definition) is 2. The van der Waals surface area contributed by atoms with E-state index < -0.39 is 15.9 Å². The molecule has 29 heavy (non-hydrogen) atoms. The number of amides is 1. The Morgan fingerprint density at radius 2 is 1.79 bits per heavy atom. The van der Waals surface area contributed by atoms with Crippen molar-refractivity contribution in [3.05, 3.63) is 59.2 Å². The Bertz CT molecular complexity index is 955. The highest BCUT2D eigenvalue weighted by Gasteiger charge is 2.17. The molecule has 3 rings (SSSR count). The van der Waals surface area contributed by atoms with Crippen molar-refractivity contribution in [2.75, 3.05) is 33.4 Å². The molecule has 1 aliphatic rings. The molecular weight excluding hydrogens is 394 g/mol. The largest absolute Gasteiger partial charge is 0.496 e. The van der Waals surface area contributed by atoms with Crippen LogP contribution in [0.25, 0.3) is 0 Å². The van der Waals surface area contributed by atoms with Gasteiger partial charge in [0.15, 0.2) is 0 Å². The summed E-state index contributed by atoms with van der Waals surface area (Å²) in [5.74, 6) is -0.166. The van der Waals surface area contributed by atoms with Crippen LogP contribution < -0.4 is 15.2 Å². The molecule has 2 aromatic rings. The SMILES string of the molecule is COc1ccc(S(N)(=O)=O)cc1C(=O)NCc1ccc(CN2CCOCC2)cc1. The Kier molecular flexibility index (Phi) is 6.86. The molecule has 8 nitrogen and oxygen atoms in total. The zero-order chi connectivity index (χ0) is 20.9. The normalized spacial score (nSPS) is 15.1. The Balaban J connectivity index is 1.63. The van der Waals surface area contributed by atoms with E-state index in [4.69, 9.17) is 14.6 Å². The number of benzene rings is 2. The van der Waals surface area contributed by atoms with Gasteiger partial charge in [0, 0.05) is 26.2 Å². The van der Waals surface area contributed by atoms with E-state index in [0.29, 0.717) is 6.54 Å². The fourth-order valence-corrected chi connectivity index (χ4v) is 3.64. The summed E-state index contributed by atoms with van der Waals surface area (Å²) >= 11 is 0. The molecule has 1 aliphatic heterocycles. The number of nitrogens with two attached hydrogens (primary N) is 1. The van der Waals surface area contributed by atoms with Gasteiger partial charge in [-0.25, -0.2) is 13.6 Å². The minimum atomic E-state index is -3.92. The van der Waals surface area contributed by atoms with Crippen molar-refractivity contribution < 1.29 is 22.7 Å². The first-order valence-electron chi connectivity index (χ1n) is 9.24. The highest BCUT2D eigenvalue weighted by atomic mass is 32.2. The molecule has 0 aromatic heterocycles. The minimum Gasteiger partial charge on any atom is -0.496 e. The Morgan fingerprint density at radius 1 is 1.14 bits per heavy atom. The van der Waals surface area contributed by atoms with Crippen molar-refractivity contribution >= 4 is 15.9 Å². The van der Waals surface area contributed by atoms with E-state index in [2.05, 4.69) is 10.2 Å². The first-order chi connectivity index (χ1) is 13.9. The standard InChI is InChI=1S/C20H25N3O5S/c1-27-19-7-6-17(29(21,25)26)12-18(19)20(24)22-13-15-2-4-16(5-3-15)14-23-8-10-28-11-9-23/h2-7,12H,8-11,13-14H2,1H3,(H,22,24)(H2,21,25,26). The molecule has 9 heteroatoms. The summed E-state index contributed by atoms with van der Waals surface area (Å²) in [4.78, 5) is 14.8. The number of sulfonamides is 1. The zero-order valence-electron chi connectivity index (χ0n) is 16.3. The molecule has 3 N–H and O–H groups in total. The van der Waals surface area contributed by atoms with E-state index in [-0.39, 0.29) is 16.2 Å². The highest BCUT2D eigenvalue weighted by Crippen LogP contribution is 2.22. The molecule has 0 bridgehead atoms. The number of nitrogens with one attached hydrogen (secondary N) is 1. The second-order valence-electron chi connectivity index (χ2n) is 6.79. The topological polar surface area (TPSA) is 111 Å². The van der Waals surface area contributed by atoms with Crippen LogP contribution in [-0.4, -0.2) is 52.6 Å². The lowest BCUT2D eigenvalue weighted by molar-refractivity contribution is 0.0342. The Labute approximate surface area is 170 Å². The van der Waals surface area contributed by atoms with Gasteiger partial charge in [-0.1, -0.05) is 24.3 Å². The number of ether oxygens (including phenoxy) is 2. The van der Waals surface area contributed by atoms with E-state index in [0.717, 1.165) is 38.4 Å². The van der Waals surface area contributed by atoms with Crippen LogP contribution in [0.15, 0.2) is 47.4 Å². The van der Waals surface area contributed by atoms with Gasteiger partial charge in [-0.15, -0.1) is 0 Å². The number of hydrogen-bond acceptors (Lipinski definition) is 6. The maximum atomic E-state index is 12.6. The third-order valence-corrected chi connectivity index (χ3v) is 5.64. The average Bonchev–Trinajstić information content (AvgIpc) is 2.72. The molecule has 156 valence electrons. The first kappa shape index (κ1) is 21.3. The lowest BCUT2D eigenvalue weighted by Gasteiger charge is -2.26. The monoisotopic (exact) mass is 419 g/mol. The molecule has 0 unspecified atom stereocenters. The second kappa shape index (κ2) is 9.36. The smallest absolute Gasteiger partial charge is 0.255 e. The minimum absolute atomic E-state index is 0.114. The van der Waals surface area contributed by atoms with Gasteiger partial charge in [-0.2, -0.15) is 0 Å². The second-order valence-corrected chi connectivity index (χ2v) is 8.36. The maximum Gasteiger partial charge on any atom is 0.255 e. The van der Waals surface area contributed by atoms with Crippen LogP contribution in [-0.2, 0) is 27.8 Å². The Hall–Kier alpha value is -2.46. The number of primary sulfonamides is 1. The van der Waals surface area contributed by atoms with Crippen molar-refractivity contribution in [1.29, 1.82) is 0 Å². The van der Waals surface area contributed by atoms with Crippen LogP contribution in [0.3, 0.4) is 0 Å². The van der Waals surface area contributed by atoms with Crippen LogP contribution in [0, 0.1) is 0 Å². The first-order valence-corrected chi connectivity index (χ1v) is 10.8. The van der Waals surface area contributed by atoms with Crippen molar-refractivity contribution in [2.24, 2.45) is 5.14 Å². The highest BCUT2D eigenvalue weighted by molar-refractivity contribution is 7.89. The fraction of sp³-hybridized carbons (Fsp3) is 0.350. The predicted molar refractivity (Wildman–Crippen MR) is 108 cm³/mol. The number of morpholine rings is 1. The quantitative estimate of drug-likeness (QED) is 0.695. The summed E-state index contributed by atoms with van der Waals surface area (Å²) < 4.78 is 33.6. The molecule has 0 aliphatic carbocycles. The summed E-state index contributed by atoms with van der Waals surface area (Å²) in [5, 5.41) is 7.94. The number of methoxy groups -OCH3 is 1. The summed E-state index contributed by atoms with van der Waals surface area (Å²) in [6.45, 7) is 4.56. The van der Waals surface area contributed by atoms with E-state index in [1.165, 1.54) is 30.9 Å². The van der Waals surface area contributed by atoms with Gasteiger partial charge in [0.25, 0.3) is 5.91 Å². The maximum absolute atomic E-state index is 12.6. The van der Waals surface area contributed by atoms with E-state index >= 15 is 0 Å². The molecule has 1 heterocycles. The molecule has 2 aromatic carbocycles. The van der Waals surface area contributed by atoms with Gasteiger partial charge in [0.2, 0.25) is 10.0 Å². The fourth-order valence-electron chi connectivity index (χ4n) is 3.10. The van der Waals surface area contributed by atoms with Crippen molar-refractivity contribution in [3.63, 3.8) is 0 Å². The molecule has 0 atom stereocenters. The van der Waals surface area contributed by atoms with Crippen molar-refractivity contribution in [3.8, 4) is 5.75 Å². The van der Waals surface area contributed by atoms with Crippen molar-refractivity contribution in [1.82, 2.24) is 10.2 Å². The molecule has 1 fully saturated rings. The predicted octanol–water partition coefficient (Wildman–Crippen LogP) is 1.10. The van der Waals surface area contributed by atoms with Gasteiger partial charge in [-0.05, 0) is 29.3 Å². The summed E-state index contributed by atoms with van der Waals surface area (Å²) in [5.41, 5.74) is 2.25. The molecular formula is C20H25N3O5S. The molecule has 0 saturated carbocycles. The van der Waals surface area contributed by atoms with Gasteiger partial charge in [-0.3, -0.25) is 9.69 Å². The van der Waals surface area contributed by atoms with Crippen molar-refractivity contribution in [2.45, 2.75) is 18.0 Å². The van der Waals surface area contributed by atoms with E-state index in [1.54, 1.807) is 0 Å². The van der Waals surface area contributed by atoms with Crippen LogP contribution >= 0.6 is 0 Å². The van der Waals surface area contributed by atoms with E-state index in [1.807, 2.05) is 24.3 Å². The van der Waals surface area contributed by atoms with Crippen LogP contribution in [0.5, 0.6) is 5.75 Å². The summed E-state index contributed by atoms with van der Waals surface area (Å²) in [7, 11) is -2.50. The molecule has 1 saturated heterocycles. The van der Waals surface area contributed by atoms with E-state index in [9.17, 15) is 13.2 Å². The van der Waals surface area contributed by atoms with Gasteiger partial charge in [0.1, 0.15) is 5.75 Å². The molecule has 1 amide bonds. The number of rotatable bonds is 7. The average molecular weight is 420 g/mol. The van der Waals surface area contributed by atoms with Crippen LogP contribution in [0.2, 0.25) is 0 Å². The lowest BCUT2D eigenvalue weighted by atomic mass is 10.1. The molecule has 0 radical (unpaired) electrons. The van der Waals surface area contributed by atoms with Crippen LogP contribution in [0.1, 0.15) is 21.5 Å².